The Labute approximate surface area is 298 Å². The van der Waals surface area contributed by atoms with E-state index >= 15 is 0 Å². The van der Waals surface area contributed by atoms with Crippen LogP contribution in [0.4, 0.5) is 14.5 Å². The minimum Gasteiger partial charge on any atom is -1.00 e. The number of nitriles is 2. The van der Waals surface area contributed by atoms with Crippen molar-refractivity contribution in [3.05, 3.63) is 93.8 Å². The summed E-state index contributed by atoms with van der Waals surface area (Å²) in [5, 5.41) is 51.3. The number of carbonyl (C=O) groups is 1. The van der Waals surface area contributed by atoms with Gasteiger partial charge >= 0.3 is 88.7 Å². The van der Waals surface area contributed by atoms with Crippen molar-refractivity contribution in [2.45, 2.75) is 0 Å². The third-order valence-corrected chi connectivity index (χ3v) is 2.88. The number of halogens is 2. The Balaban J connectivity index is -0.0000000739. The average molecular weight is 606 g/mol. The summed E-state index contributed by atoms with van der Waals surface area (Å²) in [5.41, 5.74) is 11.9. The number of rotatable bonds is 2. The first-order valence-corrected chi connectivity index (χ1v) is 8.88. The van der Waals surface area contributed by atoms with Crippen molar-refractivity contribution >= 4 is 18.0 Å². The second-order valence-corrected chi connectivity index (χ2v) is 5.18. The third kappa shape index (κ3) is 31.5. The Bertz CT molecular complexity index is 1110. The topological polar surface area (TPSA) is 319 Å². The first-order chi connectivity index (χ1) is 18.2. The van der Waals surface area contributed by atoms with Gasteiger partial charge in [0.2, 0.25) is 0 Å². The number of nitrogens with two attached hydrogens (primary N) is 3. The van der Waals surface area contributed by atoms with E-state index in [1.54, 1.807) is 18.2 Å². The summed E-state index contributed by atoms with van der Waals surface area (Å²) in [6, 6.07) is 11.9. The molecule has 0 aliphatic rings. The number of aromatic nitrogens is 3. The predicted molar refractivity (Wildman–Crippen MR) is 122 cm³/mol. The van der Waals surface area contributed by atoms with Gasteiger partial charge in [-0.05, 0) is 36.4 Å². The number of oxime groups is 1. The molecule has 0 bridgehead atoms. The zero-order valence-corrected chi connectivity index (χ0v) is 27.8. The summed E-state index contributed by atoms with van der Waals surface area (Å²) >= 11 is 0. The first kappa shape index (κ1) is 50.9. The molecule has 0 radical (unpaired) electrons. The Hall–Kier alpha value is -2.89. The van der Waals surface area contributed by atoms with Gasteiger partial charge in [-0.15, -0.1) is 5.34 Å². The third-order valence-electron chi connectivity index (χ3n) is 2.88. The zero-order chi connectivity index (χ0) is 29.8. The SMILES string of the molecule is N#Cc1ccc(F)cn1.N#Cc1ccc(N)cn1.N/C(=N\O)c1ccc(F)cn1.NO.O=CO[O-].O=N[O-].[H-].[Na+].[Na+].[Na+]. The van der Waals surface area contributed by atoms with Crippen LogP contribution in [0, 0.1) is 44.4 Å². The fraction of sp³-hybridized carbons (Fsp3) is 0. The van der Waals surface area contributed by atoms with Gasteiger partial charge in [0.05, 0.1) is 24.3 Å². The van der Waals surface area contributed by atoms with Crippen LogP contribution < -0.4 is 111 Å². The zero-order valence-electron chi connectivity index (χ0n) is 22.8. The molecule has 8 N–H and O–H groups in total. The Kier molecular flexibility index (Phi) is 46.1. The number of pyridine rings is 3. The van der Waals surface area contributed by atoms with Gasteiger partial charge in [0.15, 0.2) is 5.84 Å². The Morgan fingerprint density at radius 3 is 1.61 bits per heavy atom. The summed E-state index contributed by atoms with van der Waals surface area (Å²) in [6.07, 6.45) is 3.46. The van der Waals surface area contributed by atoms with E-state index in [9.17, 15) is 8.78 Å². The van der Waals surface area contributed by atoms with Crippen molar-refractivity contribution in [2.24, 2.45) is 22.1 Å². The van der Waals surface area contributed by atoms with Crippen molar-refractivity contribution in [2.75, 3.05) is 5.73 Å². The van der Waals surface area contributed by atoms with E-state index in [4.69, 9.17) is 52.6 Å². The molecule has 0 saturated carbocycles. The van der Waals surface area contributed by atoms with Gasteiger partial charge in [0.25, 0.3) is 6.47 Å². The predicted octanol–water partition coefficient (Wildman–Crippen LogP) is -8.91. The van der Waals surface area contributed by atoms with Crippen LogP contribution in [0.15, 0.2) is 65.5 Å². The van der Waals surface area contributed by atoms with Crippen molar-refractivity contribution in [3.63, 3.8) is 0 Å². The van der Waals surface area contributed by atoms with Crippen LogP contribution in [0.2, 0.25) is 0 Å². The summed E-state index contributed by atoms with van der Waals surface area (Å²) < 4.78 is 24.3. The van der Waals surface area contributed by atoms with Gasteiger partial charge in [-0.2, -0.15) is 10.5 Å². The smallest absolute Gasteiger partial charge is 1.00 e. The molecule has 0 amide bonds. The molecule has 3 rings (SSSR count). The molecule has 3 aromatic heterocycles. The maximum absolute atomic E-state index is 12.2. The number of anilines is 1. The number of hydrogen-bond acceptors (Lipinski definition) is 16. The van der Waals surface area contributed by atoms with Crippen LogP contribution in [0.1, 0.15) is 18.5 Å². The van der Waals surface area contributed by atoms with E-state index in [1.165, 1.54) is 30.5 Å². The van der Waals surface area contributed by atoms with E-state index in [0.717, 1.165) is 17.7 Å². The van der Waals surface area contributed by atoms with Gasteiger partial charge in [-0.25, -0.2) is 29.6 Å². The number of hydrogen-bond donors (Lipinski definition) is 5. The Morgan fingerprint density at radius 1 is 0.951 bits per heavy atom. The van der Waals surface area contributed by atoms with Crippen LogP contribution in [0.5, 0.6) is 0 Å². The molecule has 0 unspecified atom stereocenters. The van der Waals surface area contributed by atoms with Crippen molar-refractivity contribution in [1.82, 2.24) is 15.0 Å². The molecule has 0 aromatic carbocycles. The molecule has 204 valence electrons. The number of amidine groups is 1. The molecular weight excluding hydrogens is 587 g/mol. The normalized spacial score (nSPS) is 7.73. The van der Waals surface area contributed by atoms with Gasteiger partial charge in [-0.3, -0.25) is 4.79 Å². The van der Waals surface area contributed by atoms with E-state index in [-0.39, 0.29) is 114 Å². The van der Waals surface area contributed by atoms with Crippen molar-refractivity contribution < 1.29 is 124 Å². The molecule has 3 heterocycles. The van der Waals surface area contributed by atoms with E-state index in [2.05, 4.69) is 30.9 Å². The maximum atomic E-state index is 12.2. The molecule has 0 aliphatic carbocycles. The molecule has 0 saturated heterocycles. The first-order valence-electron chi connectivity index (χ1n) is 8.88. The fourth-order valence-electron chi connectivity index (χ4n) is 1.49. The molecule has 22 heteroatoms. The van der Waals surface area contributed by atoms with Crippen LogP contribution in [0.25, 0.3) is 0 Å². The maximum Gasteiger partial charge on any atom is 1.00 e. The van der Waals surface area contributed by atoms with Crippen LogP contribution >= 0.6 is 0 Å². The second-order valence-electron chi connectivity index (χ2n) is 5.18. The van der Waals surface area contributed by atoms with Gasteiger partial charge in [0.1, 0.15) is 40.9 Å². The molecule has 0 atom stereocenters. The standard InChI is InChI=1S/C6H6FN3O.C6H3FN2.C6H5N3.CH2O3.HNO2.H3NO.3Na.H/c7-4-1-2-5(9-3-4)6(8)10-11;7-5-1-2-6(3-8)9-4-5;7-3-6-2-1-5(8)4-9-6;2-1-4-3;2-1-3;1-2;;;;/h1-3,11H,(H2,8,10);1-2,4H;1-2,4H,8H2;1,3H;(H,2,3);2H,1H2;;;;/q;;;;;;3*+1;-1/p-2. The summed E-state index contributed by atoms with van der Waals surface area (Å²) in [7, 11) is 0. The molecule has 17 nitrogen and oxygen atoms in total. The molecule has 0 aliphatic heterocycles. The number of nitrogens with zero attached hydrogens (tertiary/aromatic N) is 7. The molecule has 41 heavy (non-hydrogen) atoms. The van der Waals surface area contributed by atoms with E-state index in [1.807, 2.05) is 6.07 Å². The largest absolute Gasteiger partial charge is 1.00 e. The van der Waals surface area contributed by atoms with Gasteiger partial charge in [0, 0.05) is 0 Å². The minimum absolute atomic E-state index is 0. The summed E-state index contributed by atoms with van der Waals surface area (Å²) in [5.74, 6) is 2.48. The van der Waals surface area contributed by atoms with Crippen molar-refractivity contribution in [3.8, 4) is 12.1 Å². The van der Waals surface area contributed by atoms with Gasteiger partial charge in [-0.1, -0.05) is 5.16 Å². The van der Waals surface area contributed by atoms with E-state index < -0.39 is 11.6 Å². The van der Waals surface area contributed by atoms with E-state index in [0.29, 0.717) is 11.4 Å². The molecule has 0 fully saturated rings. The summed E-state index contributed by atoms with van der Waals surface area (Å²) in [6.45, 7) is -0.181. The summed E-state index contributed by atoms with van der Waals surface area (Å²) in [4.78, 5) is 30.0. The van der Waals surface area contributed by atoms with Crippen molar-refractivity contribution in [1.29, 1.82) is 10.5 Å². The molecule has 3 aromatic rings. The number of carbonyl (C=O) groups excluding carboxylic acids is 1. The van der Waals surface area contributed by atoms with Crippen LogP contribution in [0.3, 0.4) is 0 Å². The van der Waals surface area contributed by atoms with Crippen LogP contribution in [-0.2, 0) is 9.68 Å². The quantitative estimate of drug-likeness (QED) is 0.0264. The molecule has 0 spiro atoms. The monoisotopic (exact) mass is 606 g/mol. The van der Waals surface area contributed by atoms with Crippen LogP contribution in [-0.4, -0.2) is 37.7 Å². The van der Waals surface area contributed by atoms with Gasteiger partial charge < -0.3 is 43.6 Å². The fourth-order valence-corrected chi connectivity index (χ4v) is 1.49. The second kappa shape index (κ2) is 37.1. The average Bonchev–Trinajstić information content (AvgIpc) is 2.96. The molecular formula is C19H19F2N10Na3O7. The Morgan fingerprint density at radius 2 is 1.34 bits per heavy atom. The minimum atomic E-state index is -0.459. The number of nitrogen functional groups attached to an aromatic ring is 1.